The number of aryl methyl sites for hydroxylation is 1. The first-order valence-corrected chi connectivity index (χ1v) is 9.55. The van der Waals surface area contributed by atoms with E-state index < -0.39 is 6.10 Å². The summed E-state index contributed by atoms with van der Waals surface area (Å²) in [5.74, 6) is 1.26. The van der Waals surface area contributed by atoms with E-state index in [4.69, 9.17) is 14.2 Å². The van der Waals surface area contributed by atoms with Gasteiger partial charge in [0.2, 0.25) is 0 Å². The Labute approximate surface area is 160 Å². The lowest BCUT2D eigenvalue weighted by Crippen LogP contribution is -2.30. The highest BCUT2D eigenvalue weighted by molar-refractivity contribution is 5.94. The quantitative estimate of drug-likeness (QED) is 0.757. The van der Waals surface area contributed by atoms with Gasteiger partial charge in [-0.15, -0.1) is 0 Å². The van der Waals surface area contributed by atoms with Crippen molar-refractivity contribution in [2.45, 2.75) is 45.3 Å². The number of hydrogen-bond acceptors (Lipinski definition) is 4. The standard InChI is InChI=1S/C22H27NO4/c1-3-17-6-10-20(11-7-17)27-16(2)22(24)23-18-8-12-19(13-9-18)26-15-21-5-4-14-25-21/h6-13,16,21H,3-5,14-15H2,1-2H3,(H,23,24). The van der Waals surface area contributed by atoms with Crippen LogP contribution in [0.2, 0.25) is 0 Å². The fourth-order valence-electron chi connectivity index (χ4n) is 2.90. The summed E-state index contributed by atoms with van der Waals surface area (Å²) >= 11 is 0. The van der Waals surface area contributed by atoms with Crippen LogP contribution in [-0.4, -0.2) is 31.3 Å². The first kappa shape index (κ1) is 19.2. The van der Waals surface area contributed by atoms with Crippen LogP contribution in [0.3, 0.4) is 0 Å². The van der Waals surface area contributed by atoms with Crippen LogP contribution in [0.1, 0.15) is 32.3 Å². The molecule has 27 heavy (non-hydrogen) atoms. The number of rotatable bonds is 8. The third kappa shape index (κ3) is 5.73. The van der Waals surface area contributed by atoms with E-state index in [0.717, 1.165) is 31.6 Å². The molecule has 2 unspecified atom stereocenters. The third-order valence-corrected chi connectivity index (χ3v) is 4.60. The fraction of sp³-hybridized carbons (Fsp3) is 0.409. The number of ether oxygens (including phenoxy) is 3. The van der Waals surface area contributed by atoms with Crippen molar-refractivity contribution in [1.82, 2.24) is 0 Å². The Morgan fingerprint density at radius 3 is 2.48 bits per heavy atom. The molecular weight excluding hydrogens is 342 g/mol. The summed E-state index contributed by atoms with van der Waals surface area (Å²) in [6, 6.07) is 15.1. The molecule has 0 saturated carbocycles. The molecular formula is C22H27NO4. The number of anilines is 1. The average molecular weight is 369 g/mol. The smallest absolute Gasteiger partial charge is 0.265 e. The van der Waals surface area contributed by atoms with E-state index in [2.05, 4.69) is 12.2 Å². The summed E-state index contributed by atoms with van der Waals surface area (Å²) in [5, 5.41) is 2.86. The van der Waals surface area contributed by atoms with Crippen molar-refractivity contribution in [2.75, 3.05) is 18.5 Å². The lowest BCUT2D eigenvalue weighted by molar-refractivity contribution is -0.122. The van der Waals surface area contributed by atoms with Gasteiger partial charge in [-0.05, 0) is 68.1 Å². The van der Waals surface area contributed by atoms with E-state index in [1.807, 2.05) is 48.5 Å². The summed E-state index contributed by atoms with van der Waals surface area (Å²) < 4.78 is 17.0. The second kappa shape index (κ2) is 9.42. The molecule has 1 aliphatic rings. The first-order chi connectivity index (χ1) is 13.1. The predicted molar refractivity (Wildman–Crippen MR) is 105 cm³/mol. The van der Waals surface area contributed by atoms with Crippen LogP contribution in [0, 0.1) is 0 Å². The van der Waals surface area contributed by atoms with Crippen LogP contribution in [-0.2, 0) is 16.0 Å². The van der Waals surface area contributed by atoms with E-state index in [0.29, 0.717) is 18.0 Å². The number of hydrogen-bond donors (Lipinski definition) is 1. The number of carbonyl (C=O) groups is 1. The van der Waals surface area contributed by atoms with Gasteiger partial charge in [-0.25, -0.2) is 0 Å². The Hall–Kier alpha value is -2.53. The molecule has 2 aromatic carbocycles. The van der Waals surface area contributed by atoms with Gasteiger partial charge in [0.15, 0.2) is 6.10 Å². The molecule has 0 radical (unpaired) electrons. The van der Waals surface area contributed by atoms with Crippen LogP contribution in [0.25, 0.3) is 0 Å². The van der Waals surface area contributed by atoms with E-state index in [1.54, 1.807) is 6.92 Å². The van der Waals surface area contributed by atoms with Crippen molar-refractivity contribution >= 4 is 11.6 Å². The zero-order valence-corrected chi connectivity index (χ0v) is 15.9. The number of carbonyl (C=O) groups excluding carboxylic acids is 1. The van der Waals surface area contributed by atoms with E-state index >= 15 is 0 Å². The topological polar surface area (TPSA) is 56.8 Å². The average Bonchev–Trinajstić information content (AvgIpc) is 3.21. The molecule has 2 atom stereocenters. The second-order valence-electron chi connectivity index (χ2n) is 6.72. The highest BCUT2D eigenvalue weighted by atomic mass is 16.5. The maximum Gasteiger partial charge on any atom is 0.265 e. The lowest BCUT2D eigenvalue weighted by Gasteiger charge is -2.15. The number of amides is 1. The van der Waals surface area contributed by atoms with Crippen molar-refractivity contribution in [1.29, 1.82) is 0 Å². The minimum atomic E-state index is -0.590. The first-order valence-electron chi connectivity index (χ1n) is 9.55. The molecule has 0 aromatic heterocycles. The molecule has 5 nitrogen and oxygen atoms in total. The summed E-state index contributed by atoms with van der Waals surface area (Å²) in [4.78, 5) is 12.3. The van der Waals surface area contributed by atoms with Crippen molar-refractivity contribution in [2.24, 2.45) is 0 Å². The van der Waals surface area contributed by atoms with Gasteiger partial charge in [0.05, 0.1) is 6.10 Å². The monoisotopic (exact) mass is 369 g/mol. The van der Waals surface area contributed by atoms with Crippen molar-refractivity contribution in [3.8, 4) is 11.5 Å². The molecule has 1 amide bonds. The third-order valence-electron chi connectivity index (χ3n) is 4.60. The zero-order chi connectivity index (χ0) is 19.1. The van der Waals surface area contributed by atoms with Crippen LogP contribution >= 0.6 is 0 Å². The molecule has 0 aliphatic carbocycles. The van der Waals surface area contributed by atoms with Gasteiger partial charge in [-0.1, -0.05) is 19.1 Å². The summed E-state index contributed by atoms with van der Waals surface area (Å²) in [6.07, 6.45) is 2.72. The summed E-state index contributed by atoms with van der Waals surface area (Å²) in [5.41, 5.74) is 1.95. The van der Waals surface area contributed by atoms with Crippen molar-refractivity contribution < 1.29 is 19.0 Å². The largest absolute Gasteiger partial charge is 0.491 e. The molecule has 1 fully saturated rings. The van der Waals surface area contributed by atoms with Gasteiger partial charge in [0, 0.05) is 12.3 Å². The van der Waals surface area contributed by atoms with Gasteiger partial charge >= 0.3 is 0 Å². The maximum atomic E-state index is 12.3. The molecule has 0 spiro atoms. The Kier molecular flexibility index (Phi) is 6.71. The summed E-state index contributed by atoms with van der Waals surface area (Å²) in [6.45, 7) is 5.22. The minimum Gasteiger partial charge on any atom is -0.491 e. The van der Waals surface area contributed by atoms with E-state index in [-0.39, 0.29) is 12.0 Å². The van der Waals surface area contributed by atoms with Crippen molar-refractivity contribution in [3.05, 3.63) is 54.1 Å². The van der Waals surface area contributed by atoms with E-state index in [9.17, 15) is 4.79 Å². The lowest BCUT2D eigenvalue weighted by atomic mass is 10.2. The van der Waals surface area contributed by atoms with Crippen molar-refractivity contribution in [3.63, 3.8) is 0 Å². The fourth-order valence-corrected chi connectivity index (χ4v) is 2.90. The molecule has 1 aliphatic heterocycles. The molecule has 0 bridgehead atoms. The molecule has 1 N–H and O–H groups in total. The maximum absolute atomic E-state index is 12.3. The van der Waals surface area contributed by atoms with Gasteiger partial charge < -0.3 is 19.5 Å². The SMILES string of the molecule is CCc1ccc(OC(C)C(=O)Nc2ccc(OCC3CCCO3)cc2)cc1. The highest BCUT2D eigenvalue weighted by Crippen LogP contribution is 2.19. The molecule has 5 heteroatoms. The van der Waals surface area contributed by atoms with Gasteiger partial charge in [-0.2, -0.15) is 0 Å². The summed E-state index contributed by atoms with van der Waals surface area (Å²) in [7, 11) is 0. The Bertz CT molecular complexity index is 721. The number of benzene rings is 2. The molecule has 3 rings (SSSR count). The second-order valence-corrected chi connectivity index (χ2v) is 6.72. The Balaban J connectivity index is 1.47. The van der Waals surface area contributed by atoms with Gasteiger partial charge in [0.1, 0.15) is 18.1 Å². The normalized spacial score (nSPS) is 17.3. The highest BCUT2D eigenvalue weighted by Gasteiger charge is 2.17. The molecule has 144 valence electrons. The Morgan fingerprint density at radius 2 is 1.85 bits per heavy atom. The van der Waals surface area contributed by atoms with Gasteiger partial charge in [0.25, 0.3) is 5.91 Å². The van der Waals surface area contributed by atoms with Gasteiger partial charge in [-0.3, -0.25) is 4.79 Å². The van der Waals surface area contributed by atoms with Crippen LogP contribution in [0.5, 0.6) is 11.5 Å². The Morgan fingerprint density at radius 1 is 1.15 bits per heavy atom. The van der Waals surface area contributed by atoms with Crippen LogP contribution in [0.15, 0.2) is 48.5 Å². The number of nitrogens with one attached hydrogen (secondary N) is 1. The zero-order valence-electron chi connectivity index (χ0n) is 15.9. The molecule has 2 aromatic rings. The van der Waals surface area contributed by atoms with Crippen LogP contribution in [0.4, 0.5) is 5.69 Å². The minimum absolute atomic E-state index is 0.189. The predicted octanol–water partition coefficient (Wildman–Crippen LogP) is 4.21. The van der Waals surface area contributed by atoms with E-state index in [1.165, 1.54) is 5.56 Å². The molecule has 1 saturated heterocycles. The molecule has 1 heterocycles. The van der Waals surface area contributed by atoms with Crippen LogP contribution < -0.4 is 14.8 Å².